The van der Waals surface area contributed by atoms with Gasteiger partial charge in [-0.15, -0.1) is 11.3 Å². The number of rotatable bonds is 2. The monoisotopic (exact) mass is 311 g/mol. The van der Waals surface area contributed by atoms with Crippen LogP contribution in [-0.4, -0.2) is 16.3 Å². The number of aryl methyl sites for hydroxylation is 1. The van der Waals surface area contributed by atoms with Crippen LogP contribution in [0.15, 0.2) is 41.8 Å². The van der Waals surface area contributed by atoms with Crippen LogP contribution in [0, 0.1) is 6.92 Å². The third-order valence-electron chi connectivity index (χ3n) is 3.54. The summed E-state index contributed by atoms with van der Waals surface area (Å²) in [6, 6.07) is 9.47. The van der Waals surface area contributed by atoms with Crippen LogP contribution < -0.4 is 0 Å². The first-order chi connectivity index (χ1) is 9.85. The Morgan fingerprint density at radius 2 is 1.81 bits per heavy atom. The quantitative estimate of drug-likeness (QED) is 0.726. The molecule has 0 saturated carbocycles. The largest absolute Gasteiger partial charge is 0.426 e. The summed E-state index contributed by atoms with van der Waals surface area (Å²) < 4.78 is 41.0. The van der Waals surface area contributed by atoms with E-state index in [0.717, 1.165) is 11.3 Å². The molecule has 1 unspecified atom stereocenters. The van der Waals surface area contributed by atoms with Gasteiger partial charge >= 0.3 is 6.18 Å². The van der Waals surface area contributed by atoms with Crippen LogP contribution in [0.4, 0.5) is 13.2 Å². The maximum absolute atomic E-state index is 13.7. The van der Waals surface area contributed by atoms with Gasteiger partial charge < -0.3 is 10.1 Å². The van der Waals surface area contributed by atoms with Gasteiger partial charge in [0.2, 0.25) is 5.60 Å². The highest BCUT2D eigenvalue weighted by Crippen LogP contribution is 2.49. The first-order valence-electron chi connectivity index (χ1n) is 6.26. The van der Waals surface area contributed by atoms with Gasteiger partial charge in [-0.05, 0) is 24.4 Å². The van der Waals surface area contributed by atoms with Gasteiger partial charge in [0.1, 0.15) is 0 Å². The maximum Gasteiger partial charge on any atom is 0.426 e. The number of hydrogen-bond acceptors (Lipinski definition) is 2. The number of H-pyrrole nitrogens is 1. The van der Waals surface area contributed by atoms with Gasteiger partial charge in [-0.1, -0.05) is 24.3 Å². The van der Waals surface area contributed by atoms with Crippen LogP contribution in [0.25, 0.3) is 10.9 Å². The number of fused-ring (bicyclic) bond motifs is 1. The van der Waals surface area contributed by atoms with E-state index in [9.17, 15) is 18.3 Å². The smallest absolute Gasteiger partial charge is 0.372 e. The minimum atomic E-state index is -4.81. The summed E-state index contributed by atoms with van der Waals surface area (Å²) >= 11 is 0.888. The highest BCUT2D eigenvalue weighted by Gasteiger charge is 2.58. The van der Waals surface area contributed by atoms with Crippen LogP contribution in [0.3, 0.4) is 0 Å². The van der Waals surface area contributed by atoms with E-state index in [-0.39, 0.29) is 10.4 Å². The molecule has 1 atom stereocenters. The summed E-state index contributed by atoms with van der Waals surface area (Å²) in [4.78, 5) is 2.78. The predicted molar refractivity (Wildman–Crippen MR) is 76.4 cm³/mol. The number of thiophene rings is 1. The number of alkyl halides is 3. The van der Waals surface area contributed by atoms with E-state index in [4.69, 9.17) is 0 Å². The minimum absolute atomic E-state index is 0.131. The van der Waals surface area contributed by atoms with Crippen LogP contribution in [0.1, 0.15) is 16.1 Å². The predicted octanol–water partition coefficient (Wildman–Crippen LogP) is 4.34. The summed E-state index contributed by atoms with van der Waals surface area (Å²) in [5, 5.41) is 12.5. The molecule has 0 saturated heterocycles. The molecule has 3 rings (SSSR count). The molecular formula is C15H12F3NOS. The van der Waals surface area contributed by atoms with Crippen molar-refractivity contribution in [1.82, 2.24) is 4.98 Å². The topological polar surface area (TPSA) is 36.0 Å². The first kappa shape index (κ1) is 14.2. The minimum Gasteiger partial charge on any atom is -0.372 e. The van der Waals surface area contributed by atoms with Crippen molar-refractivity contribution in [2.45, 2.75) is 18.7 Å². The number of aliphatic hydroxyl groups is 1. The maximum atomic E-state index is 13.7. The zero-order valence-corrected chi connectivity index (χ0v) is 11.8. The number of benzene rings is 1. The van der Waals surface area contributed by atoms with E-state index in [0.29, 0.717) is 16.6 Å². The Bertz CT molecular complexity index is 776. The Labute approximate surface area is 122 Å². The highest BCUT2D eigenvalue weighted by molar-refractivity contribution is 7.10. The fourth-order valence-corrected chi connectivity index (χ4v) is 3.48. The van der Waals surface area contributed by atoms with Crippen LogP contribution in [0.5, 0.6) is 0 Å². The van der Waals surface area contributed by atoms with E-state index >= 15 is 0 Å². The van der Waals surface area contributed by atoms with Gasteiger partial charge in [0, 0.05) is 22.2 Å². The van der Waals surface area contributed by atoms with Gasteiger partial charge in [-0.25, -0.2) is 0 Å². The lowest BCUT2D eigenvalue weighted by Gasteiger charge is -2.30. The van der Waals surface area contributed by atoms with Gasteiger partial charge in [-0.2, -0.15) is 13.2 Å². The van der Waals surface area contributed by atoms with Gasteiger partial charge in [0.15, 0.2) is 0 Å². The Morgan fingerprint density at radius 1 is 1.10 bits per heavy atom. The third kappa shape index (κ3) is 1.98. The lowest BCUT2D eigenvalue weighted by Crippen LogP contribution is -2.43. The van der Waals surface area contributed by atoms with Crippen molar-refractivity contribution in [3.05, 3.63) is 57.9 Å². The van der Waals surface area contributed by atoms with Crippen molar-refractivity contribution in [3.63, 3.8) is 0 Å². The van der Waals surface area contributed by atoms with E-state index in [1.165, 1.54) is 17.5 Å². The highest BCUT2D eigenvalue weighted by atomic mass is 32.1. The van der Waals surface area contributed by atoms with Gasteiger partial charge in [-0.3, -0.25) is 0 Å². The molecule has 0 bridgehead atoms. The van der Waals surface area contributed by atoms with Crippen molar-refractivity contribution in [2.75, 3.05) is 0 Å². The number of aromatic nitrogens is 1. The average molecular weight is 311 g/mol. The number of para-hydroxylation sites is 1. The molecule has 6 heteroatoms. The summed E-state index contributed by atoms with van der Waals surface area (Å²) in [6.07, 6.45) is -4.81. The first-order valence-corrected chi connectivity index (χ1v) is 7.14. The van der Waals surface area contributed by atoms with E-state index in [1.54, 1.807) is 31.2 Å². The van der Waals surface area contributed by atoms with Crippen molar-refractivity contribution in [3.8, 4) is 0 Å². The molecule has 0 aliphatic carbocycles. The fourth-order valence-electron chi connectivity index (χ4n) is 2.63. The molecule has 2 N–H and O–H groups in total. The molecule has 0 aliphatic heterocycles. The molecule has 2 nitrogen and oxygen atoms in total. The number of hydrogen-bond donors (Lipinski definition) is 2. The Hall–Kier alpha value is -1.79. The van der Waals surface area contributed by atoms with Crippen LogP contribution in [-0.2, 0) is 5.60 Å². The summed E-state index contributed by atoms with van der Waals surface area (Å²) in [7, 11) is 0. The summed E-state index contributed by atoms with van der Waals surface area (Å²) in [6.45, 7) is 1.54. The van der Waals surface area contributed by atoms with Crippen molar-refractivity contribution in [2.24, 2.45) is 0 Å². The molecule has 2 heterocycles. The van der Waals surface area contributed by atoms with Crippen molar-refractivity contribution >= 4 is 22.2 Å². The second-order valence-corrected chi connectivity index (χ2v) is 5.80. The number of aromatic amines is 1. The van der Waals surface area contributed by atoms with E-state index in [2.05, 4.69) is 4.98 Å². The molecular weight excluding hydrogens is 299 g/mol. The summed E-state index contributed by atoms with van der Waals surface area (Å²) in [5.41, 5.74) is -2.26. The molecule has 21 heavy (non-hydrogen) atoms. The molecule has 110 valence electrons. The van der Waals surface area contributed by atoms with Crippen molar-refractivity contribution in [1.29, 1.82) is 0 Å². The molecule has 3 aromatic rings. The van der Waals surface area contributed by atoms with Gasteiger partial charge in [0.05, 0.1) is 4.88 Å². The molecule has 0 fully saturated rings. The number of nitrogens with one attached hydrogen (secondary N) is 1. The number of halogens is 3. The zero-order valence-electron chi connectivity index (χ0n) is 11.0. The van der Waals surface area contributed by atoms with Crippen molar-refractivity contribution < 1.29 is 18.3 Å². The Kier molecular flexibility index (Phi) is 3.11. The standard InChI is InChI=1S/C15H12F3NOS/c1-9-13(10-5-2-3-6-11(10)19-9)14(20,15(16,17)18)12-7-4-8-21-12/h2-8,19-20H,1H3. The second kappa shape index (κ2) is 4.61. The molecule has 0 amide bonds. The van der Waals surface area contributed by atoms with Crippen LogP contribution >= 0.6 is 11.3 Å². The van der Waals surface area contributed by atoms with Gasteiger partial charge in [0.25, 0.3) is 0 Å². The van der Waals surface area contributed by atoms with E-state index < -0.39 is 11.8 Å². The van der Waals surface area contributed by atoms with E-state index in [1.807, 2.05) is 0 Å². The fraction of sp³-hybridized carbons (Fsp3) is 0.200. The average Bonchev–Trinajstić information content (AvgIpc) is 3.03. The molecule has 2 aromatic heterocycles. The summed E-state index contributed by atoms with van der Waals surface area (Å²) in [5.74, 6) is 0. The lowest BCUT2D eigenvalue weighted by atomic mass is 9.89. The second-order valence-electron chi connectivity index (χ2n) is 4.86. The normalized spacial score (nSPS) is 15.3. The zero-order chi connectivity index (χ0) is 15.3. The SMILES string of the molecule is Cc1[nH]c2ccccc2c1C(O)(c1cccs1)C(F)(F)F. The molecule has 0 spiro atoms. The third-order valence-corrected chi connectivity index (χ3v) is 4.52. The Morgan fingerprint density at radius 3 is 2.43 bits per heavy atom. The lowest BCUT2D eigenvalue weighted by molar-refractivity contribution is -0.246. The molecule has 1 aromatic carbocycles. The Balaban J connectivity index is 2.38. The molecule has 0 radical (unpaired) electrons. The molecule has 0 aliphatic rings. The van der Waals surface area contributed by atoms with Crippen LogP contribution in [0.2, 0.25) is 0 Å².